The lowest BCUT2D eigenvalue weighted by Crippen LogP contribution is -2.17. The van der Waals surface area contributed by atoms with Crippen molar-refractivity contribution in [3.8, 4) is 5.75 Å². The Morgan fingerprint density at radius 2 is 1.85 bits per heavy atom. The highest BCUT2D eigenvalue weighted by atomic mass is 16.5. The van der Waals surface area contributed by atoms with Crippen molar-refractivity contribution in [1.29, 1.82) is 0 Å². The molecular weight excluding hydrogens is 498 g/mol. The number of ketones is 1. The summed E-state index contributed by atoms with van der Waals surface area (Å²) in [5, 5.41) is 23.3. The smallest absolute Gasteiger partial charge is 0.410 e. The van der Waals surface area contributed by atoms with Gasteiger partial charge in [-0.15, -0.1) is 0 Å². The number of methoxy groups -OCH3 is 1. The molecule has 1 rings (SSSR count). The van der Waals surface area contributed by atoms with Gasteiger partial charge in [0.1, 0.15) is 17.1 Å². The molecule has 1 aromatic rings. The fourth-order valence-electron chi connectivity index (χ4n) is 3.58. The van der Waals surface area contributed by atoms with Gasteiger partial charge >= 0.3 is 11.7 Å². The second kappa shape index (κ2) is 17.8. The summed E-state index contributed by atoms with van der Waals surface area (Å²) < 4.78 is 9.82. The van der Waals surface area contributed by atoms with Crippen molar-refractivity contribution in [2.75, 3.05) is 7.11 Å². The predicted molar refractivity (Wildman–Crippen MR) is 154 cm³/mol. The van der Waals surface area contributed by atoms with Gasteiger partial charge in [-0.2, -0.15) is 0 Å². The Kier molecular flexibility index (Phi) is 15.2. The summed E-state index contributed by atoms with van der Waals surface area (Å²) >= 11 is 0. The molecule has 39 heavy (non-hydrogen) atoms. The summed E-state index contributed by atoms with van der Waals surface area (Å²) in [4.78, 5) is 36.5. The Balaban J connectivity index is 2.80. The highest BCUT2D eigenvalue weighted by molar-refractivity contribution is 6.09. The number of carbonyl (C=O) groups excluding carboxylic acids is 2. The van der Waals surface area contributed by atoms with Crippen LogP contribution >= 0.6 is 0 Å². The number of Topliss-reactive ketones (excluding diaryl/α,β-unsaturated/α-hetero) is 1. The van der Waals surface area contributed by atoms with Gasteiger partial charge in [-0.3, -0.25) is 10.1 Å². The summed E-state index contributed by atoms with van der Waals surface area (Å²) in [6.45, 7) is 9.30. The number of carbonyl (C=O) groups is 2. The van der Waals surface area contributed by atoms with E-state index in [4.69, 9.17) is 4.42 Å². The molecule has 1 aromatic heterocycles. The number of aliphatic hydroxyl groups is 1. The molecule has 0 aromatic carbocycles. The van der Waals surface area contributed by atoms with Crippen molar-refractivity contribution in [3.63, 3.8) is 0 Å². The molecule has 1 heterocycles. The lowest BCUT2D eigenvalue weighted by atomic mass is 9.99. The zero-order chi connectivity index (χ0) is 29.4. The van der Waals surface area contributed by atoms with E-state index in [-0.39, 0.29) is 17.3 Å². The Labute approximate surface area is 231 Å². The summed E-state index contributed by atoms with van der Waals surface area (Å²) in [6, 6.07) is 1.30. The predicted octanol–water partition coefficient (Wildman–Crippen LogP) is 6.62. The lowest BCUT2D eigenvalue weighted by Gasteiger charge is -2.11. The highest BCUT2D eigenvalue weighted by Gasteiger charge is 2.22. The van der Waals surface area contributed by atoms with Crippen LogP contribution in [0.25, 0.3) is 0 Å². The zero-order valence-corrected chi connectivity index (χ0v) is 24.0. The van der Waals surface area contributed by atoms with Crippen molar-refractivity contribution < 1.29 is 29.0 Å². The number of hydrogen-bond acceptors (Lipinski definition) is 7. The van der Waals surface area contributed by atoms with E-state index in [0.29, 0.717) is 25.7 Å². The quantitative estimate of drug-likeness (QED) is 0.0986. The fraction of sp³-hybridized carbons (Fsp3) is 0.452. The van der Waals surface area contributed by atoms with Gasteiger partial charge in [0.15, 0.2) is 5.78 Å². The van der Waals surface area contributed by atoms with E-state index >= 15 is 0 Å². The minimum Gasteiger partial charge on any atom is -0.507 e. The molecule has 3 N–H and O–H groups in total. The first-order valence-corrected chi connectivity index (χ1v) is 13.3. The molecule has 0 bridgehead atoms. The molecule has 0 saturated heterocycles. The summed E-state index contributed by atoms with van der Waals surface area (Å²) in [7, 11) is 1.27. The van der Waals surface area contributed by atoms with E-state index in [1.807, 2.05) is 26.8 Å². The highest BCUT2D eigenvalue weighted by Crippen LogP contribution is 2.26. The second-order valence-corrected chi connectivity index (χ2v) is 9.52. The molecule has 1 amide bonds. The van der Waals surface area contributed by atoms with Crippen LogP contribution in [-0.4, -0.2) is 35.3 Å². The Hall–Kier alpha value is -3.65. The summed E-state index contributed by atoms with van der Waals surface area (Å²) in [6.07, 6.45) is 15.8. The number of nitrogens with one attached hydrogen (secondary N) is 1. The van der Waals surface area contributed by atoms with Crippen molar-refractivity contribution in [3.05, 3.63) is 87.2 Å². The third-order valence-electron chi connectivity index (χ3n) is 6.23. The average molecular weight is 542 g/mol. The van der Waals surface area contributed by atoms with Gasteiger partial charge in [0.05, 0.1) is 13.2 Å². The van der Waals surface area contributed by atoms with Crippen LogP contribution in [0.4, 0.5) is 4.79 Å². The molecule has 214 valence electrons. The number of ether oxygens (including phenoxy) is 1. The van der Waals surface area contributed by atoms with Gasteiger partial charge in [-0.25, -0.2) is 9.59 Å². The number of aliphatic hydroxyl groups excluding tert-OH is 1. The molecule has 8 heteroatoms. The Bertz CT molecular complexity index is 1170. The van der Waals surface area contributed by atoms with Crippen LogP contribution in [0.15, 0.2) is 74.7 Å². The molecule has 0 aliphatic heterocycles. The van der Waals surface area contributed by atoms with Gasteiger partial charge in [-0.1, -0.05) is 55.9 Å². The molecule has 0 fully saturated rings. The monoisotopic (exact) mass is 541 g/mol. The second-order valence-electron chi connectivity index (χ2n) is 9.52. The van der Waals surface area contributed by atoms with Crippen molar-refractivity contribution in [1.82, 2.24) is 5.32 Å². The number of hydrogen-bond donors (Lipinski definition) is 3. The third-order valence-corrected chi connectivity index (χ3v) is 6.23. The first-order chi connectivity index (χ1) is 18.5. The van der Waals surface area contributed by atoms with Gasteiger partial charge in [0.25, 0.3) is 0 Å². The normalized spacial score (nSPS) is 14.6. The molecule has 0 aliphatic rings. The number of alkyl carbamates (subject to hydrolysis) is 1. The topological polar surface area (TPSA) is 126 Å². The summed E-state index contributed by atoms with van der Waals surface area (Å²) in [5.41, 5.74) is 0.882. The SMILES string of the molecule is CCC=CCC=C(C)[C@H](O)CCC(C)=CC=C(C)C(=O)c1c(O)cc([C@H](C)CCC=CNC(=O)OC)oc1=O. The van der Waals surface area contributed by atoms with Crippen LogP contribution in [0.5, 0.6) is 5.75 Å². The van der Waals surface area contributed by atoms with Crippen LogP contribution in [-0.2, 0) is 4.74 Å². The van der Waals surface area contributed by atoms with Gasteiger partial charge in [0.2, 0.25) is 0 Å². The van der Waals surface area contributed by atoms with Crippen molar-refractivity contribution >= 4 is 11.9 Å². The van der Waals surface area contributed by atoms with Gasteiger partial charge < -0.3 is 19.4 Å². The maximum Gasteiger partial charge on any atom is 0.410 e. The third kappa shape index (κ3) is 12.2. The zero-order valence-electron chi connectivity index (χ0n) is 24.0. The van der Waals surface area contributed by atoms with E-state index in [2.05, 4.69) is 29.1 Å². The van der Waals surface area contributed by atoms with Crippen LogP contribution in [0.2, 0.25) is 0 Å². The van der Waals surface area contributed by atoms with E-state index in [1.165, 1.54) is 19.4 Å². The molecule has 2 atom stereocenters. The Morgan fingerprint density at radius 1 is 1.13 bits per heavy atom. The fourth-order valence-corrected chi connectivity index (χ4v) is 3.58. The number of aromatic hydroxyl groups is 1. The standard InChI is InChI=1S/C31H43NO7/c1-7-8-9-10-13-22(3)25(33)18-16-21(2)15-17-24(5)29(35)28-26(34)20-27(39-30(28)36)23(4)14-11-12-19-32-31(37)38-6/h8-9,12-13,15,17,19-20,23,25,33-34H,7,10-11,14,16,18H2,1-6H3,(H,32,37)/t23-,25-/m1/s1. The minimum atomic E-state index is -0.891. The van der Waals surface area contributed by atoms with Crippen molar-refractivity contribution in [2.45, 2.75) is 85.2 Å². The van der Waals surface area contributed by atoms with E-state index in [1.54, 1.807) is 25.2 Å². The first-order valence-electron chi connectivity index (χ1n) is 13.3. The number of allylic oxidation sites excluding steroid dienone is 8. The average Bonchev–Trinajstić information content (AvgIpc) is 2.91. The Morgan fingerprint density at radius 3 is 2.49 bits per heavy atom. The molecule has 0 radical (unpaired) electrons. The number of amides is 1. The molecule has 0 aliphatic carbocycles. The molecular formula is C31H43NO7. The maximum absolute atomic E-state index is 12.9. The number of rotatable bonds is 15. The van der Waals surface area contributed by atoms with E-state index in [0.717, 1.165) is 24.0 Å². The van der Waals surface area contributed by atoms with E-state index in [9.17, 15) is 24.6 Å². The van der Waals surface area contributed by atoms with Gasteiger partial charge in [0, 0.05) is 18.2 Å². The van der Waals surface area contributed by atoms with Crippen molar-refractivity contribution in [2.24, 2.45) is 0 Å². The maximum atomic E-state index is 12.9. The molecule has 0 spiro atoms. The molecule has 0 unspecified atom stereocenters. The van der Waals surface area contributed by atoms with Crippen LogP contribution in [0.3, 0.4) is 0 Å². The first kappa shape index (κ1) is 33.4. The lowest BCUT2D eigenvalue weighted by molar-refractivity contribution is 0.102. The van der Waals surface area contributed by atoms with Crippen LogP contribution in [0.1, 0.15) is 95.2 Å². The molecule has 8 nitrogen and oxygen atoms in total. The van der Waals surface area contributed by atoms with Crippen LogP contribution < -0.4 is 10.9 Å². The molecule has 0 saturated carbocycles. The van der Waals surface area contributed by atoms with E-state index < -0.39 is 34.9 Å². The largest absolute Gasteiger partial charge is 0.507 e. The summed E-state index contributed by atoms with van der Waals surface area (Å²) in [5.74, 6) is -0.974. The minimum absolute atomic E-state index is 0.209. The van der Waals surface area contributed by atoms with Crippen LogP contribution in [0, 0.1) is 0 Å². The van der Waals surface area contributed by atoms with Gasteiger partial charge in [-0.05, 0) is 70.4 Å².